The van der Waals surface area contributed by atoms with Crippen LogP contribution in [0.3, 0.4) is 0 Å². The number of hydrogen-bond donors (Lipinski definition) is 1. The number of anilines is 1. The fourth-order valence-electron chi connectivity index (χ4n) is 3.04. The van der Waals surface area contributed by atoms with Crippen molar-refractivity contribution < 1.29 is 18.0 Å². The normalized spacial score (nSPS) is 17.2. The van der Waals surface area contributed by atoms with E-state index in [2.05, 4.69) is 5.32 Å². The highest BCUT2D eigenvalue weighted by molar-refractivity contribution is 7.89. The third-order valence-electron chi connectivity index (χ3n) is 4.70. The van der Waals surface area contributed by atoms with Crippen molar-refractivity contribution in [3.63, 3.8) is 0 Å². The van der Waals surface area contributed by atoms with E-state index >= 15 is 0 Å². The van der Waals surface area contributed by atoms with E-state index in [1.807, 2.05) is 31.2 Å². The van der Waals surface area contributed by atoms with Crippen molar-refractivity contribution in [1.82, 2.24) is 9.62 Å². The smallest absolute Gasteiger partial charge is 0.251 e. The van der Waals surface area contributed by atoms with Crippen molar-refractivity contribution in [3.05, 3.63) is 59.7 Å². The maximum atomic E-state index is 12.5. The van der Waals surface area contributed by atoms with Crippen LogP contribution < -0.4 is 10.2 Å². The fourth-order valence-corrected chi connectivity index (χ4v) is 3.94. The van der Waals surface area contributed by atoms with Gasteiger partial charge in [-0.05, 0) is 43.3 Å². The molecule has 0 spiro atoms. The molecule has 3 rings (SSSR count). The Morgan fingerprint density at radius 3 is 2.25 bits per heavy atom. The molecule has 148 valence electrons. The Morgan fingerprint density at radius 2 is 1.68 bits per heavy atom. The molecule has 7 nitrogen and oxygen atoms in total. The average Bonchev–Trinajstić information content (AvgIpc) is 3.02. The zero-order valence-electron chi connectivity index (χ0n) is 16.0. The minimum absolute atomic E-state index is 0.0402. The van der Waals surface area contributed by atoms with Crippen molar-refractivity contribution in [3.8, 4) is 0 Å². The maximum Gasteiger partial charge on any atom is 0.251 e. The van der Waals surface area contributed by atoms with Crippen LogP contribution in [0.1, 0.15) is 22.3 Å². The maximum absolute atomic E-state index is 12.5. The lowest BCUT2D eigenvalue weighted by Crippen LogP contribution is -2.37. The van der Waals surface area contributed by atoms with E-state index in [9.17, 15) is 18.0 Å². The van der Waals surface area contributed by atoms with Crippen LogP contribution in [-0.4, -0.2) is 51.2 Å². The molecule has 0 aromatic heterocycles. The molecule has 0 aliphatic carbocycles. The highest BCUT2D eigenvalue weighted by Crippen LogP contribution is 2.22. The zero-order chi connectivity index (χ0) is 20.5. The van der Waals surface area contributed by atoms with Crippen LogP contribution in [0, 0.1) is 6.92 Å². The molecule has 8 heteroatoms. The zero-order valence-corrected chi connectivity index (χ0v) is 16.9. The number of nitrogens with zero attached hydrogens (tertiary/aromatic N) is 2. The summed E-state index contributed by atoms with van der Waals surface area (Å²) in [5.41, 5.74) is 2.27. The summed E-state index contributed by atoms with van der Waals surface area (Å²) in [6, 6.07) is 13.1. The second-order valence-electron chi connectivity index (χ2n) is 7.03. The van der Waals surface area contributed by atoms with Gasteiger partial charge in [0.15, 0.2) is 0 Å². The summed E-state index contributed by atoms with van der Waals surface area (Å²) in [6.45, 7) is 2.38. The predicted octanol–water partition coefficient (Wildman–Crippen LogP) is 1.78. The van der Waals surface area contributed by atoms with E-state index in [4.69, 9.17) is 0 Å². The Bertz CT molecular complexity index is 983. The topological polar surface area (TPSA) is 86.8 Å². The molecule has 0 unspecified atom stereocenters. The summed E-state index contributed by atoms with van der Waals surface area (Å²) in [5, 5.41) is 2.86. The van der Waals surface area contributed by atoms with Crippen molar-refractivity contribution in [2.45, 2.75) is 24.3 Å². The first-order valence-corrected chi connectivity index (χ1v) is 10.3. The molecule has 2 aromatic rings. The molecule has 1 atom stereocenters. The highest BCUT2D eigenvalue weighted by Gasteiger charge is 2.31. The molecule has 0 radical (unpaired) electrons. The third kappa shape index (κ3) is 4.07. The van der Waals surface area contributed by atoms with E-state index in [1.165, 1.54) is 38.4 Å². The summed E-state index contributed by atoms with van der Waals surface area (Å²) in [4.78, 5) is 26.6. The van der Waals surface area contributed by atoms with Gasteiger partial charge in [0.05, 0.1) is 10.9 Å². The van der Waals surface area contributed by atoms with Crippen LogP contribution in [0.4, 0.5) is 5.69 Å². The molecule has 0 saturated carbocycles. The van der Waals surface area contributed by atoms with Crippen molar-refractivity contribution in [2.75, 3.05) is 25.5 Å². The Labute approximate surface area is 165 Å². The first-order valence-electron chi connectivity index (χ1n) is 8.89. The van der Waals surface area contributed by atoms with Gasteiger partial charge in [0.2, 0.25) is 15.9 Å². The molecular formula is C20H23N3O4S. The molecule has 1 N–H and O–H groups in total. The summed E-state index contributed by atoms with van der Waals surface area (Å²) < 4.78 is 25.3. The van der Waals surface area contributed by atoms with Gasteiger partial charge in [0.1, 0.15) is 0 Å². The van der Waals surface area contributed by atoms with Gasteiger partial charge < -0.3 is 10.2 Å². The molecule has 1 aliphatic rings. The average molecular weight is 401 g/mol. The molecule has 1 heterocycles. The number of carbonyl (C=O) groups is 2. The summed E-state index contributed by atoms with van der Waals surface area (Å²) in [7, 11) is -0.637. The molecule has 2 amide bonds. The lowest BCUT2D eigenvalue weighted by Gasteiger charge is -2.17. The van der Waals surface area contributed by atoms with Crippen LogP contribution in [-0.2, 0) is 14.8 Å². The molecular weight excluding hydrogens is 378 g/mol. The number of rotatable bonds is 5. The van der Waals surface area contributed by atoms with E-state index in [0.717, 1.165) is 15.6 Å². The van der Waals surface area contributed by atoms with Gasteiger partial charge in [-0.3, -0.25) is 9.59 Å². The Morgan fingerprint density at radius 1 is 1.07 bits per heavy atom. The van der Waals surface area contributed by atoms with Gasteiger partial charge in [-0.25, -0.2) is 12.7 Å². The molecule has 2 aromatic carbocycles. The van der Waals surface area contributed by atoms with Gasteiger partial charge in [-0.2, -0.15) is 0 Å². The second kappa shape index (κ2) is 7.73. The van der Waals surface area contributed by atoms with Gasteiger partial charge in [0.25, 0.3) is 5.91 Å². The number of sulfonamides is 1. The predicted molar refractivity (Wildman–Crippen MR) is 107 cm³/mol. The third-order valence-corrected chi connectivity index (χ3v) is 6.53. The van der Waals surface area contributed by atoms with Crippen molar-refractivity contribution in [2.24, 2.45) is 0 Å². The van der Waals surface area contributed by atoms with Crippen LogP contribution in [0.2, 0.25) is 0 Å². The lowest BCUT2D eigenvalue weighted by atomic mass is 10.2. The summed E-state index contributed by atoms with van der Waals surface area (Å²) >= 11 is 0. The number of carbonyl (C=O) groups excluding carboxylic acids is 2. The summed E-state index contributed by atoms with van der Waals surface area (Å²) in [5.74, 6) is -0.376. The minimum Gasteiger partial charge on any atom is -0.347 e. The SMILES string of the molecule is Cc1ccc(N2C[C@@H](NC(=O)c3ccc(S(=O)(=O)N(C)C)cc3)CC2=O)cc1. The first kappa shape index (κ1) is 20.0. The molecule has 1 aliphatic heterocycles. The van der Waals surface area contributed by atoms with Crippen LogP contribution >= 0.6 is 0 Å². The standard InChI is InChI=1S/C20H23N3O4S/c1-14-4-8-17(9-5-14)23-13-16(12-19(23)24)21-20(25)15-6-10-18(11-7-15)28(26,27)22(2)3/h4-11,16H,12-13H2,1-3H3,(H,21,25)/t16-/m0/s1. The highest BCUT2D eigenvalue weighted by atomic mass is 32.2. The van der Waals surface area contributed by atoms with Crippen LogP contribution in [0.5, 0.6) is 0 Å². The quantitative estimate of drug-likeness (QED) is 0.827. The number of nitrogens with one attached hydrogen (secondary N) is 1. The second-order valence-corrected chi connectivity index (χ2v) is 9.18. The number of aryl methyl sites for hydroxylation is 1. The Kier molecular flexibility index (Phi) is 5.53. The molecule has 1 fully saturated rings. The van der Waals surface area contributed by atoms with E-state index in [-0.39, 0.29) is 29.2 Å². The monoisotopic (exact) mass is 401 g/mol. The Balaban J connectivity index is 1.67. The van der Waals surface area contributed by atoms with Gasteiger partial charge in [0, 0.05) is 38.3 Å². The first-order chi connectivity index (χ1) is 13.2. The van der Waals surface area contributed by atoms with Crippen molar-refractivity contribution >= 4 is 27.5 Å². The van der Waals surface area contributed by atoms with Gasteiger partial charge in [-0.1, -0.05) is 17.7 Å². The van der Waals surface area contributed by atoms with Crippen LogP contribution in [0.25, 0.3) is 0 Å². The minimum atomic E-state index is -3.54. The molecule has 1 saturated heterocycles. The molecule has 28 heavy (non-hydrogen) atoms. The molecule has 0 bridgehead atoms. The van der Waals surface area contributed by atoms with Crippen LogP contribution in [0.15, 0.2) is 53.4 Å². The lowest BCUT2D eigenvalue weighted by molar-refractivity contribution is -0.117. The number of amides is 2. The Hall–Kier alpha value is -2.71. The van der Waals surface area contributed by atoms with Gasteiger partial charge >= 0.3 is 0 Å². The van der Waals surface area contributed by atoms with E-state index in [0.29, 0.717) is 12.1 Å². The van der Waals surface area contributed by atoms with E-state index < -0.39 is 10.0 Å². The number of hydrogen-bond acceptors (Lipinski definition) is 4. The largest absolute Gasteiger partial charge is 0.347 e. The van der Waals surface area contributed by atoms with Crippen molar-refractivity contribution in [1.29, 1.82) is 0 Å². The fraction of sp³-hybridized carbons (Fsp3) is 0.300. The van der Waals surface area contributed by atoms with Gasteiger partial charge in [-0.15, -0.1) is 0 Å². The summed E-state index contributed by atoms with van der Waals surface area (Å²) in [6.07, 6.45) is 0.229. The van der Waals surface area contributed by atoms with E-state index in [1.54, 1.807) is 4.90 Å². The number of benzene rings is 2.